The van der Waals surface area contributed by atoms with Crippen LogP contribution in [0.15, 0.2) is 42.7 Å². The Morgan fingerprint density at radius 3 is 2.90 bits per heavy atom. The Balaban J connectivity index is 1.69. The lowest BCUT2D eigenvalue weighted by molar-refractivity contribution is -0.138. The number of hydrogen-bond donors (Lipinski definition) is 2. The zero-order chi connectivity index (χ0) is 21.3. The number of nitrogens with zero attached hydrogens (tertiary/aromatic N) is 3. The molecule has 1 aromatic heterocycles. The van der Waals surface area contributed by atoms with Crippen molar-refractivity contribution in [1.82, 2.24) is 20.6 Å². The summed E-state index contributed by atoms with van der Waals surface area (Å²) in [6.45, 7) is 0.837. The highest BCUT2D eigenvalue weighted by Crippen LogP contribution is 2.32. The summed E-state index contributed by atoms with van der Waals surface area (Å²) in [5, 5.41) is 4.30. The highest BCUT2D eigenvalue weighted by molar-refractivity contribution is 6.31. The van der Waals surface area contributed by atoms with Crippen LogP contribution in [0.4, 0.5) is 10.1 Å². The number of amides is 2. The molecule has 8 nitrogen and oxygen atoms in total. The number of benzene rings is 1. The third-order valence-electron chi connectivity index (χ3n) is 4.86. The van der Waals surface area contributed by atoms with Crippen LogP contribution in [0, 0.1) is 5.82 Å². The predicted octanol–water partition coefficient (Wildman–Crippen LogP) is 1.58. The van der Waals surface area contributed by atoms with Crippen LogP contribution in [0.25, 0.3) is 5.70 Å². The first-order chi connectivity index (χ1) is 14.5. The zero-order valence-electron chi connectivity index (χ0n) is 16.1. The summed E-state index contributed by atoms with van der Waals surface area (Å²) in [5.41, 5.74) is 4.98. The highest BCUT2D eigenvalue weighted by Gasteiger charge is 2.34. The van der Waals surface area contributed by atoms with Crippen molar-refractivity contribution in [3.63, 3.8) is 0 Å². The molecule has 0 radical (unpaired) electrons. The Hall–Kier alpha value is -3.17. The summed E-state index contributed by atoms with van der Waals surface area (Å²) >= 11 is 5.97. The number of anilines is 1. The van der Waals surface area contributed by atoms with Gasteiger partial charge in [0.1, 0.15) is 17.6 Å². The molecule has 30 heavy (non-hydrogen) atoms. The van der Waals surface area contributed by atoms with E-state index >= 15 is 0 Å². The van der Waals surface area contributed by atoms with E-state index in [0.717, 1.165) is 0 Å². The zero-order valence-corrected chi connectivity index (χ0v) is 16.8. The van der Waals surface area contributed by atoms with Crippen LogP contribution in [-0.4, -0.2) is 54.5 Å². The van der Waals surface area contributed by atoms with Gasteiger partial charge in [0.2, 0.25) is 11.8 Å². The molecule has 0 aliphatic carbocycles. The van der Waals surface area contributed by atoms with Gasteiger partial charge in [-0.2, -0.15) is 0 Å². The second-order valence-electron chi connectivity index (χ2n) is 6.82. The van der Waals surface area contributed by atoms with Crippen molar-refractivity contribution in [1.29, 1.82) is 0 Å². The second-order valence-corrected chi connectivity index (χ2v) is 7.22. The summed E-state index contributed by atoms with van der Waals surface area (Å²) in [7, 11) is 1.54. The van der Waals surface area contributed by atoms with Gasteiger partial charge in [-0.1, -0.05) is 11.6 Å². The number of carbonyl (C=O) groups excluding carboxylic acids is 2. The Bertz CT molecular complexity index is 1030. The number of nitrogens with one attached hydrogen (secondary N) is 2. The maximum atomic E-state index is 13.7. The molecule has 3 heterocycles. The summed E-state index contributed by atoms with van der Waals surface area (Å²) in [6.07, 6.45) is 4.94. The molecule has 10 heteroatoms. The molecule has 2 aromatic rings. The van der Waals surface area contributed by atoms with Crippen molar-refractivity contribution >= 4 is 34.8 Å². The van der Waals surface area contributed by atoms with Gasteiger partial charge in [0.05, 0.1) is 36.3 Å². The molecular formula is C20H19ClFN5O3. The fourth-order valence-electron chi connectivity index (χ4n) is 3.36. The molecule has 2 aliphatic heterocycles. The van der Waals surface area contributed by atoms with Gasteiger partial charge < -0.3 is 15.0 Å². The fourth-order valence-corrected chi connectivity index (χ4v) is 3.54. The van der Waals surface area contributed by atoms with Crippen molar-refractivity contribution < 1.29 is 18.7 Å². The van der Waals surface area contributed by atoms with Gasteiger partial charge in [0.25, 0.3) is 0 Å². The SMILES string of the molecule is COc1cncc(C2=CC(C(=O)N3CCNC(=O)C3)NN2c2ccc(F)c(Cl)c2)c1. The van der Waals surface area contributed by atoms with E-state index in [4.69, 9.17) is 16.3 Å². The minimum atomic E-state index is -0.721. The van der Waals surface area contributed by atoms with E-state index in [1.54, 1.807) is 35.6 Å². The van der Waals surface area contributed by atoms with E-state index in [0.29, 0.717) is 35.8 Å². The van der Waals surface area contributed by atoms with Gasteiger partial charge in [-0.25, -0.2) is 9.82 Å². The second kappa shape index (κ2) is 8.29. The highest BCUT2D eigenvalue weighted by atomic mass is 35.5. The smallest absolute Gasteiger partial charge is 0.246 e. The topological polar surface area (TPSA) is 86.8 Å². The molecule has 1 unspecified atom stereocenters. The minimum absolute atomic E-state index is 0.00325. The number of hydrazine groups is 1. The van der Waals surface area contributed by atoms with Gasteiger partial charge in [0, 0.05) is 24.8 Å². The first-order valence-corrected chi connectivity index (χ1v) is 9.62. The molecule has 0 spiro atoms. The molecule has 0 bridgehead atoms. The van der Waals surface area contributed by atoms with Crippen molar-refractivity contribution in [3.05, 3.63) is 59.1 Å². The number of carbonyl (C=O) groups is 2. The summed E-state index contributed by atoms with van der Waals surface area (Å²) < 4.78 is 18.9. The molecule has 1 aromatic carbocycles. The van der Waals surface area contributed by atoms with E-state index in [1.807, 2.05) is 0 Å². The molecule has 2 amide bonds. The van der Waals surface area contributed by atoms with E-state index in [9.17, 15) is 14.0 Å². The Kier molecular flexibility index (Phi) is 5.56. The number of aromatic nitrogens is 1. The molecule has 1 saturated heterocycles. The lowest BCUT2D eigenvalue weighted by Crippen LogP contribution is -2.55. The lowest BCUT2D eigenvalue weighted by atomic mass is 10.1. The average Bonchev–Trinajstić information content (AvgIpc) is 3.20. The number of pyridine rings is 1. The number of piperazine rings is 1. The molecule has 2 aliphatic rings. The van der Waals surface area contributed by atoms with E-state index in [2.05, 4.69) is 15.7 Å². The number of methoxy groups -OCH3 is 1. The van der Waals surface area contributed by atoms with Crippen molar-refractivity contribution in [2.45, 2.75) is 6.04 Å². The van der Waals surface area contributed by atoms with Crippen molar-refractivity contribution in [2.75, 3.05) is 31.8 Å². The Morgan fingerprint density at radius 1 is 1.33 bits per heavy atom. The average molecular weight is 432 g/mol. The molecule has 4 rings (SSSR count). The van der Waals surface area contributed by atoms with E-state index in [-0.39, 0.29) is 23.4 Å². The fraction of sp³-hybridized carbons (Fsp3) is 0.250. The standard InChI is InChI=1S/C20H19ClFN5O3/c1-30-14-6-12(9-23-10-14)18-8-17(20(29)26-5-4-24-19(28)11-26)25-27(18)13-2-3-16(22)15(21)7-13/h2-3,6-10,17,25H,4-5,11H2,1H3,(H,24,28). The monoisotopic (exact) mass is 431 g/mol. The molecule has 2 N–H and O–H groups in total. The number of halogens is 2. The van der Waals surface area contributed by atoms with Crippen LogP contribution in [0.1, 0.15) is 5.56 Å². The molecule has 1 atom stereocenters. The minimum Gasteiger partial charge on any atom is -0.495 e. The predicted molar refractivity (Wildman–Crippen MR) is 109 cm³/mol. The van der Waals surface area contributed by atoms with Crippen molar-refractivity contribution in [3.8, 4) is 5.75 Å². The number of hydrogen-bond acceptors (Lipinski definition) is 6. The van der Waals surface area contributed by atoms with Gasteiger partial charge in [-0.15, -0.1) is 0 Å². The number of ether oxygens (including phenoxy) is 1. The van der Waals surface area contributed by atoms with Crippen LogP contribution in [0.2, 0.25) is 5.02 Å². The van der Waals surface area contributed by atoms with Crippen molar-refractivity contribution in [2.24, 2.45) is 0 Å². The molecule has 1 fully saturated rings. The largest absolute Gasteiger partial charge is 0.495 e. The first-order valence-electron chi connectivity index (χ1n) is 9.24. The Labute approximate surface area is 177 Å². The Morgan fingerprint density at radius 2 is 2.17 bits per heavy atom. The third kappa shape index (κ3) is 3.94. The normalized spacial score (nSPS) is 18.8. The number of rotatable bonds is 4. The molecular weight excluding hydrogens is 413 g/mol. The molecule has 0 saturated carbocycles. The van der Waals surface area contributed by atoms with Gasteiger partial charge in [0.15, 0.2) is 0 Å². The van der Waals surface area contributed by atoms with Crippen LogP contribution in [-0.2, 0) is 9.59 Å². The summed E-state index contributed by atoms with van der Waals surface area (Å²) in [4.78, 5) is 30.4. The maximum absolute atomic E-state index is 13.7. The van der Waals surface area contributed by atoms with E-state index < -0.39 is 11.9 Å². The van der Waals surface area contributed by atoms with Crippen LogP contribution >= 0.6 is 11.6 Å². The lowest BCUT2D eigenvalue weighted by Gasteiger charge is -2.29. The third-order valence-corrected chi connectivity index (χ3v) is 5.15. The van der Waals surface area contributed by atoms with Crippen LogP contribution in [0.5, 0.6) is 5.75 Å². The summed E-state index contributed by atoms with van der Waals surface area (Å²) in [5.74, 6) is -0.432. The van der Waals surface area contributed by atoms with Crippen LogP contribution in [0.3, 0.4) is 0 Å². The van der Waals surface area contributed by atoms with Gasteiger partial charge in [-0.3, -0.25) is 19.6 Å². The summed E-state index contributed by atoms with van der Waals surface area (Å²) in [6, 6.07) is 5.33. The van der Waals surface area contributed by atoms with E-state index in [1.165, 1.54) is 24.1 Å². The van der Waals surface area contributed by atoms with Gasteiger partial charge in [-0.05, 0) is 30.3 Å². The van der Waals surface area contributed by atoms with Crippen LogP contribution < -0.4 is 20.5 Å². The molecule has 156 valence electrons. The first kappa shape index (κ1) is 20.1. The van der Waals surface area contributed by atoms with Gasteiger partial charge >= 0.3 is 0 Å². The maximum Gasteiger partial charge on any atom is 0.246 e. The quantitative estimate of drug-likeness (QED) is 0.764.